The fourth-order valence-corrected chi connectivity index (χ4v) is 4.44. The van der Waals surface area contributed by atoms with Gasteiger partial charge in [-0.3, -0.25) is 0 Å². The Hall–Kier alpha value is -2.69. The highest BCUT2D eigenvalue weighted by molar-refractivity contribution is 9.10. The average Bonchev–Trinajstić information content (AvgIpc) is 3.06. The number of aromatic carboxylic acids is 1. The van der Waals surface area contributed by atoms with Crippen molar-refractivity contribution in [3.05, 3.63) is 86.1 Å². The summed E-state index contributed by atoms with van der Waals surface area (Å²) >= 11 is 9.35. The Kier molecular flexibility index (Phi) is 6.59. The Morgan fingerprint density at radius 2 is 1.97 bits per heavy atom. The second kappa shape index (κ2) is 8.99. The molecule has 0 fully saturated rings. The van der Waals surface area contributed by atoms with Crippen molar-refractivity contribution in [3.63, 3.8) is 0 Å². The van der Waals surface area contributed by atoms with E-state index < -0.39 is 17.7 Å². The predicted molar refractivity (Wildman–Crippen MR) is 115 cm³/mol. The zero-order valence-electron chi connectivity index (χ0n) is 16.2. The summed E-state index contributed by atoms with van der Waals surface area (Å²) in [5, 5.41) is 18.9. The molecule has 1 atom stereocenters. The Morgan fingerprint density at radius 3 is 2.50 bits per heavy atom. The van der Waals surface area contributed by atoms with Gasteiger partial charge in [0.2, 0.25) is 0 Å². The Morgan fingerprint density at radius 1 is 1.30 bits per heavy atom. The van der Waals surface area contributed by atoms with Gasteiger partial charge in [-0.15, -0.1) is 0 Å². The number of carbonyl (C=O) groups is 1. The van der Waals surface area contributed by atoms with E-state index in [2.05, 4.69) is 27.0 Å². The minimum Gasteiger partial charge on any atom is -0.476 e. The summed E-state index contributed by atoms with van der Waals surface area (Å²) in [4.78, 5) is 16.2. The minimum atomic E-state index is -1.14. The van der Waals surface area contributed by atoms with E-state index in [9.17, 15) is 14.3 Å². The van der Waals surface area contributed by atoms with Crippen LogP contribution in [0.1, 0.15) is 58.7 Å². The number of aromatic nitrogens is 2. The molecule has 1 unspecified atom stereocenters. The lowest BCUT2D eigenvalue weighted by Gasteiger charge is -2.23. The number of hydrogen-bond donors (Lipinski definition) is 1. The largest absolute Gasteiger partial charge is 0.476 e. The van der Waals surface area contributed by atoms with Crippen molar-refractivity contribution in [2.75, 3.05) is 0 Å². The molecule has 0 amide bonds. The Bertz CT molecular complexity index is 1140. The van der Waals surface area contributed by atoms with E-state index in [0.29, 0.717) is 22.4 Å². The third-order valence-electron chi connectivity index (χ3n) is 4.82. The minimum absolute atomic E-state index is 0.00286. The van der Waals surface area contributed by atoms with Crippen LogP contribution in [-0.2, 0) is 6.42 Å². The number of rotatable bonds is 6. The predicted octanol–water partition coefficient (Wildman–Crippen LogP) is 5.96. The normalized spacial score (nSPS) is 12.0. The van der Waals surface area contributed by atoms with Gasteiger partial charge in [0, 0.05) is 12.0 Å². The maximum absolute atomic E-state index is 13.6. The maximum Gasteiger partial charge on any atom is 0.356 e. The summed E-state index contributed by atoms with van der Waals surface area (Å²) in [6, 6.07) is 13.4. The van der Waals surface area contributed by atoms with Crippen molar-refractivity contribution in [2.24, 2.45) is 0 Å². The molecule has 0 spiro atoms. The summed E-state index contributed by atoms with van der Waals surface area (Å²) in [6.45, 7) is 3.87. The van der Waals surface area contributed by atoms with E-state index in [1.54, 1.807) is 36.4 Å². The van der Waals surface area contributed by atoms with E-state index in [4.69, 9.17) is 16.9 Å². The Balaban J connectivity index is 2.22. The van der Waals surface area contributed by atoms with E-state index in [1.807, 2.05) is 18.4 Å². The molecule has 0 radical (unpaired) electrons. The molecule has 2 aromatic carbocycles. The number of nitrogens with zero attached hydrogens (tertiary/aromatic N) is 3. The molecule has 0 aliphatic rings. The molecule has 0 aliphatic carbocycles. The number of carboxylic acid groups (broad SMARTS) is 1. The van der Waals surface area contributed by atoms with Gasteiger partial charge in [0.1, 0.15) is 5.82 Å². The first-order valence-electron chi connectivity index (χ1n) is 9.17. The third-order valence-corrected chi connectivity index (χ3v) is 5.67. The summed E-state index contributed by atoms with van der Waals surface area (Å²) in [5.41, 5.74) is 2.53. The molecule has 30 heavy (non-hydrogen) atoms. The molecule has 3 rings (SSSR count). The van der Waals surface area contributed by atoms with Gasteiger partial charge in [-0.25, -0.2) is 14.2 Å². The van der Waals surface area contributed by atoms with Crippen molar-refractivity contribution in [1.82, 2.24) is 9.55 Å². The maximum atomic E-state index is 13.6. The summed E-state index contributed by atoms with van der Waals surface area (Å²) in [7, 11) is 0. The molecule has 0 saturated heterocycles. The van der Waals surface area contributed by atoms with E-state index in [-0.39, 0.29) is 16.8 Å². The lowest BCUT2D eigenvalue weighted by Crippen LogP contribution is -2.17. The van der Waals surface area contributed by atoms with Crippen LogP contribution >= 0.6 is 27.5 Å². The molecule has 0 bridgehead atoms. The van der Waals surface area contributed by atoms with E-state index >= 15 is 0 Å². The third kappa shape index (κ3) is 4.40. The van der Waals surface area contributed by atoms with Gasteiger partial charge in [-0.2, -0.15) is 5.26 Å². The first-order chi connectivity index (χ1) is 14.2. The molecule has 0 aliphatic heterocycles. The van der Waals surface area contributed by atoms with Crippen molar-refractivity contribution in [1.29, 1.82) is 5.26 Å². The molecule has 1 heterocycles. The van der Waals surface area contributed by atoms with Gasteiger partial charge < -0.3 is 9.67 Å². The molecule has 1 aromatic heterocycles. The monoisotopic (exact) mass is 489 g/mol. The van der Waals surface area contributed by atoms with Crippen LogP contribution < -0.4 is 0 Å². The number of imidazole rings is 1. The molecule has 0 saturated carbocycles. The Labute approximate surface area is 186 Å². The van der Waals surface area contributed by atoms with Crippen LogP contribution in [0.5, 0.6) is 0 Å². The fraction of sp³-hybridized carbons (Fsp3) is 0.227. The summed E-state index contributed by atoms with van der Waals surface area (Å²) in [6.07, 6.45) is 0.372. The van der Waals surface area contributed by atoms with Crippen molar-refractivity contribution in [2.45, 2.75) is 32.2 Å². The zero-order chi connectivity index (χ0) is 22.0. The molecular weight excluding hydrogens is 473 g/mol. The lowest BCUT2D eigenvalue weighted by molar-refractivity contribution is 0.0689. The molecule has 3 aromatic rings. The number of carboxylic acids is 1. The van der Waals surface area contributed by atoms with E-state index in [0.717, 1.165) is 11.1 Å². The highest BCUT2D eigenvalue weighted by Crippen LogP contribution is 2.36. The van der Waals surface area contributed by atoms with Crippen LogP contribution in [0.3, 0.4) is 0 Å². The van der Waals surface area contributed by atoms with E-state index in [1.165, 1.54) is 6.07 Å². The highest BCUT2D eigenvalue weighted by atomic mass is 79.9. The second-order valence-electron chi connectivity index (χ2n) is 7.12. The first kappa shape index (κ1) is 22.0. The molecule has 8 heteroatoms. The number of nitriles is 1. The van der Waals surface area contributed by atoms with Crippen LogP contribution in [0, 0.1) is 17.1 Å². The summed E-state index contributed by atoms with van der Waals surface area (Å²) < 4.78 is 15.9. The number of benzene rings is 2. The summed E-state index contributed by atoms with van der Waals surface area (Å²) in [5.74, 6) is -2.07. The molecule has 1 N–H and O–H groups in total. The smallest absolute Gasteiger partial charge is 0.356 e. The van der Waals surface area contributed by atoms with Crippen molar-refractivity contribution < 1.29 is 14.3 Å². The standard InChI is InChI=1S/C22H18BrClFN3O2/c1-12(2)28-20(19(21(29)30)27-22(28)23)16(15-6-3-13(11-26)4-7-15)9-14-5-8-18(25)17(24)10-14/h3-8,10,12,16H,9H2,1-2H3,(H,29,30). The van der Waals surface area contributed by atoms with Crippen LogP contribution in [0.2, 0.25) is 5.02 Å². The molecule has 154 valence electrons. The lowest BCUT2D eigenvalue weighted by atomic mass is 9.87. The van der Waals surface area contributed by atoms with Gasteiger partial charge in [0.05, 0.1) is 22.3 Å². The zero-order valence-corrected chi connectivity index (χ0v) is 18.6. The SMILES string of the molecule is CC(C)n1c(Br)nc(C(=O)O)c1C(Cc1ccc(F)c(Cl)c1)c1ccc(C#N)cc1. The van der Waals surface area contributed by atoms with Crippen LogP contribution in [0.15, 0.2) is 47.2 Å². The van der Waals surface area contributed by atoms with Gasteiger partial charge in [-0.1, -0.05) is 29.8 Å². The van der Waals surface area contributed by atoms with Gasteiger partial charge >= 0.3 is 5.97 Å². The van der Waals surface area contributed by atoms with Crippen molar-refractivity contribution >= 4 is 33.5 Å². The fourth-order valence-electron chi connectivity index (χ4n) is 3.46. The number of halogens is 3. The molecule has 5 nitrogen and oxygen atoms in total. The van der Waals surface area contributed by atoms with Crippen LogP contribution in [-0.4, -0.2) is 20.6 Å². The average molecular weight is 491 g/mol. The topological polar surface area (TPSA) is 78.9 Å². The van der Waals surface area contributed by atoms with Crippen LogP contribution in [0.4, 0.5) is 4.39 Å². The quantitative estimate of drug-likeness (QED) is 0.462. The van der Waals surface area contributed by atoms with Gasteiger partial charge in [0.15, 0.2) is 10.4 Å². The first-order valence-corrected chi connectivity index (χ1v) is 10.3. The van der Waals surface area contributed by atoms with Crippen LogP contribution in [0.25, 0.3) is 0 Å². The van der Waals surface area contributed by atoms with Gasteiger partial charge in [0.25, 0.3) is 0 Å². The van der Waals surface area contributed by atoms with Crippen molar-refractivity contribution in [3.8, 4) is 6.07 Å². The highest BCUT2D eigenvalue weighted by Gasteiger charge is 2.30. The van der Waals surface area contributed by atoms with Gasteiger partial charge in [-0.05, 0) is 71.6 Å². The number of hydrogen-bond acceptors (Lipinski definition) is 3. The second-order valence-corrected chi connectivity index (χ2v) is 8.24. The molecular formula is C22H18BrClFN3O2.